The van der Waals surface area contributed by atoms with Gasteiger partial charge in [-0.2, -0.15) is 0 Å². The summed E-state index contributed by atoms with van der Waals surface area (Å²) in [7, 11) is 0. The molecule has 3 aliphatic heterocycles. The van der Waals surface area contributed by atoms with E-state index in [0.717, 1.165) is 43.6 Å². The van der Waals surface area contributed by atoms with Crippen LogP contribution in [-0.4, -0.2) is 62.9 Å². The number of fused-ring (bicyclic) bond motifs is 1. The van der Waals surface area contributed by atoms with Gasteiger partial charge in [-0.3, -0.25) is 14.5 Å². The molecule has 7 nitrogen and oxygen atoms in total. The van der Waals surface area contributed by atoms with Crippen LogP contribution >= 0.6 is 11.8 Å². The molecule has 40 heavy (non-hydrogen) atoms. The number of hydrogen-bond donors (Lipinski definition) is 1. The number of carbonyl (C=O) groups is 3. The molecule has 2 amide bonds. The molecule has 3 aromatic rings. The summed E-state index contributed by atoms with van der Waals surface area (Å²) in [6, 6.07) is 28.2. The van der Waals surface area contributed by atoms with Gasteiger partial charge in [0.15, 0.2) is 0 Å². The molecular weight excluding hydrogens is 522 g/mol. The van der Waals surface area contributed by atoms with Crippen LogP contribution in [0.15, 0.2) is 91.0 Å². The second-order valence-corrected chi connectivity index (χ2v) is 12.3. The van der Waals surface area contributed by atoms with Crippen molar-refractivity contribution in [1.82, 2.24) is 15.1 Å². The van der Waals surface area contributed by atoms with E-state index in [-0.39, 0.29) is 36.2 Å². The number of nitrogens with zero attached hydrogens (tertiary/aromatic N) is 2. The summed E-state index contributed by atoms with van der Waals surface area (Å²) < 4.78 is 5.37. The van der Waals surface area contributed by atoms with E-state index in [4.69, 9.17) is 4.74 Å². The van der Waals surface area contributed by atoms with E-state index in [1.807, 2.05) is 66.7 Å². The van der Waals surface area contributed by atoms with E-state index in [0.29, 0.717) is 0 Å². The van der Waals surface area contributed by atoms with Gasteiger partial charge in [0.1, 0.15) is 24.1 Å². The molecule has 0 saturated carbocycles. The molecule has 3 atom stereocenters. The van der Waals surface area contributed by atoms with Gasteiger partial charge >= 0.3 is 5.97 Å². The molecule has 1 N–H and O–H groups in total. The third kappa shape index (κ3) is 5.38. The van der Waals surface area contributed by atoms with Gasteiger partial charge < -0.3 is 15.0 Å². The number of esters is 1. The highest BCUT2D eigenvalue weighted by atomic mass is 32.2. The van der Waals surface area contributed by atoms with Crippen LogP contribution < -0.4 is 5.32 Å². The zero-order valence-electron chi connectivity index (χ0n) is 22.3. The first kappa shape index (κ1) is 26.6. The smallest absolute Gasteiger partial charge is 0.330 e. The molecule has 3 heterocycles. The first-order valence-corrected chi connectivity index (χ1v) is 14.7. The number of nitrogens with one attached hydrogen (secondary N) is 1. The average molecular weight is 556 g/mol. The largest absolute Gasteiger partial charge is 0.459 e. The predicted molar refractivity (Wildman–Crippen MR) is 154 cm³/mol. The summed E-state index contributed by atoms with van der Waals surface area (Å²) in [6.07, 6.45) is 1.74. The van der Waals surface area contributed by atoms with Gasteiger partial charge in [-0.25, -0.2) is 4.79 Å². The number of thioether (sulfide) groups is 1. The Labute approximate surface area is 238 Å². The van der Waals surface area contributed by atoms with Crippen LogP contribution in [0.1, 0.15) is 29.5 Å². The average Bonchev–Trinajstić information content (AvgIpc) is 3.28. The lowest BCUT2D eigenvalue weighted by atomic mass is 9.85. The third-order valence-electron chi connectivity index (χ3n) is 8.13. The van der Waals surface area contributed by atoms with Gasteiger partial charge in [0.2, 0.25) is 11.8 Å². The number of amides is 2. The Hall–Kier alpha value is -3.62. The van der Waals surface area contributed by atoms with Crippen molar-refractivity contribution in [2.75, 3.05) is 13.1 Å². The molecule has 3 saturated heterocycles. The molecule has 3 fully saturated rings. The fraction of sp³-hybridized carbons (Fsp3) is 0.344. The Bertz CT molecular complexity index is 1350. The number of β-lactam (4-membered cyclic amide) rings is 1. The van der Waals surface area contributed by atoms with Crippen LogP contribution in [-0.2, 0) is 38.7 Å². The maximum Gasteiger partial charge on any atom is 0.330 e. The Balaban J connectivity index is 1.17. The van der Waals surface area contributed by atoms with E-state index >= 15 is 0 Å². The number of likely N-dealkylation sites (tertiary alicyclic amines) is 1. The topological polar surface area (TPSA) is 79.0 Å². The Morgan fingerprint density at radius 1 is 0.850 bits per heavy atom. The molecule has 1 spiro atoms. The van der Waals surface area contributed by atoms with Crippen LogP contribution in [0.5, 0.6) is 0 Å². The van der Waals surface area contributed by atoms with Crippen molar-refractivity contribution >= 4 is 29.5 Å². The minimum Gasteiger partial charge on any atom is -0.459 e. The highest BCUT2D eigenvalue weighted by Gasteiger charge is 2.67. The minimum atomic E-state index is -0.667. The van der Waals surface area contributed by atoms with Crippen molar-refractivity contribution in [3.05, 3.63) is 108 Å². The highest BCUT2D eigenvalue weighted by Crippen LogP contribution is 2.56. The summed E-state index contributed by atoms with van der Waals surface area (Å²) in [5, 5.41) is 2.68. The molecule has 8 heteroatoms. The number of ether oxygens (including phenoxy) is 1. The Morgan fingerprint density at radius 2 is 1.43 bits per heavy atom. The quantitative estimate of drug-likeness (QED) is 0.337. The predicted octanol–water partition coefficient (Wildman–Crippen LogP) is 3.78. The van der Waals surface area contributed by atoms with Crippen molar-refractivity contribution in [1.29, 1.82) is 0 Å². The summed E-state index contributed by atoms with van der Waals surface area (Å²) in [5.74, 6) is -0.756. The number of benzene rings is 3. The fourth-order valence-electron chi connectivity index (χ4n) is 6.04. The first-order valence-electron chi connectivity index (χ1n) is 13.8. The third-order valence-corrected chi connectivity index (χ3v) is 9.98. The maximum absolute atomic E-state index is 13.6. The first-order chi connectivity index (χ1) is 19.5. The highest BCUT2D eigenvalue weighted by molar-refractivity contribution is 8.01. The van der Waals surface area contributed by atoms with Crippen molar-refractivity contribution in [2.24, 2.45) is 0 Å². The monoisotopic (exact) mass is 555 g/mol. The Kier molecular flexibility index (Phi) is 7.63. The lowest BCUT2D eigenvalue weighted by Gasteiger charge is -2.45. The van der Waals surface area contributed by atoms with Crippen molar-refractivity contribution in [3.63, 3.8) is 0 Å². The van der Waals surface area contributed by atoms with Crippen LogP contribution in [0, 0.1) is 0 Å². The molecule has 0 radical (unpaired) electrons. The molecule has 2 unspecified atom stereocenters. The molecule has 0 aliphatic carbocycles. The van der Waals surface area contributed by atoms with Crippen molar-refractivity contribution < 1.29 is 19.1 Å². The second kappa shape index (κ2) is 11.5. The van der Waals surface area contributed by atoms with Gasteiger partial charge in [-0.15, -0.1) is 11.8 Å². The molecule has 3 aromatic carbocycles. The standard InChI is InChI=1S/C32H33N3O4S/c36-26(20-23-10-4-1-5-11-23)33-27-29(37)35-28(31(38)39-22-25-14-8-3-9-15-25)32(40-30(27)35)16-18-34(19-17-32)21-24-12-6-2-7-13-24/h1-15,27-28,30H,16-22H2,(H,33,36)/t27?,28?,30-/m0/s1. The SMILES string of the molecule is O=C(Cc1ccccc1)NC1C(=O)N2C(C(=O)OCc3ccccc3)C3(CCN(Cc4ccccc4)CC3)S[C@@H]12. The second-order valence-electron chi connectivity index (χ2n) is 10.8. The van der Waals surface area contributed by atoms with E-state index in [1.54, 1.807) is 16.7 Å². The normalized spacial score (nSPS) is 23.4. The molecule has 0 aromatic heterocycles. The number of piperidine rings is 1. The lowest BCUT2D eigenvalue weighted by molar-refractivity contribution is -0.166. The number of rotatable bonds is 8. The van der Waals surface area contributed by atoms with E-state index in [2.05, 4.69) is 34.5 Å². The summed E-state index contributed by atoms with van der Waals surface area (Å²) in [6.45, 7) is 2.67. The molecule has 206 valence electrons. The van der Waals surface area contributed by atoms with Gasteiger partial charge in [0, 0.05) is 6.54 Å². The number of carbonyl (C=O) groups excluding carboxylic acids is 3. The lowest BCUT2D eigenvalue weighted by Crippen LogP contribution is -2.71. The van der Waals surface area contributed by atoms with Gasteiger partial charge in [0.25, 0.3) is 0 Å². The van der Waals surface area contributed by atoms with E-state index < -0.39 is 16.8 Å². The van der Waals surface area contributed by atoms with Crippen LogP contribution in [0.25, 0.3) is 0 Å². The number of hydrogen-bond acceptors (Lipinski definition) is 6. The Morgan fingerprint density at radius 3 is 2.05 bits per heavy atom. The van der Waals surface area contributed by atoms with Crippen LogP contribution in [0.2, 0.25) is 0 Å². The van der Waals surface area contributed by atoms with E-state index in [1.165, 1.54) is 5.56 Å². The molecule has 6 rings (SSSR count). The zero-order chi connectivity index (χ0) is 27.5. The summed E-state index contributed by atoms with van der Waals surface area (Å²) >= 11 is 1.67. The van der Waals surface area contributed by atoms with E-state index in [9.17, 15) is 14.4 Å². The minimum absolute atomic E-state index is 0.168. The van der Waals surface area contributed by atoms with Crippen molar-refractivity contribution in [3.8, 4) is 0 Å². The fourth-order valence-corrected chi connectivity index (χ4v) is 7.94. The van der Waals surface area contributed by atoms with Gasteiger partial charge in [-0.1, -0.05) is 91.0 Å². The van der Waals surface area contributed by atoms with Crippen LogP contribution in [0.4, 0.5) is 0 Å². The van der Waals surface area contributed by atoms with Crippen molar-refractivity contribution in [2.45, 2.75) is 54.6 Å². The molecule has 0 bridgehead atoms. The molecular formula is C32H33N3O4S. The van der Waals surface area contributed by atoms with Gasteiger partial charge in [0.05, 0.1) is 11.2 Å². The summed E-state index contributed by atoms with van der Waals surface area (Å²) in [5.41, 5.74) is 3.06. The van der Waals surface area contributed by atoms with Gasteiger partial charge in [-0.05, 0) is 42.6 Å². The van der Waals surface area contributed by atoms with Crippen LogP contribution in [0.3, 0.4) is 0 Å². The zero-order valence-corrected chi connectivity index (χ0v) is 23.1. The maximum atomic E-state index is 13.6. The molecule has 3 aliphatic rings. The summed E-state index contributed by atoms with van der Waals surface area (Å²) in [4.78, 5) is 44.0.